The molecule has 1 N–H and O–H groups in total. The lowest BCUT2D eigenvalue weighted by molar-refractivity contribution is -0.00557. The highest BCUT2D eigenvalue weighted by Gasteiger charge is 2.44. The highest BCUT2D eigenvalue weighted by atomic mass is 16.3. The highest BCUT2D eigenvalue weighted by Crippen LogP contribution is 2.43. The predicted molar refractivity (Wildman–Crippen MR) is 130 cm³/mol. The quantitative estimate of drug-likeness (QED) is 0.640. The maximum absolute atomic E-state index is 10.1. The van der Waals surface area contributed by atoms with Crippen LogP contribution in [0.1, 0.15) is 31.4 Å². The van der Waals surface area contributed by atoms with Gasteiger partial charge in [-0.15, -0.1) is 0 Å². The minimum Gasteiger partial charge on any atom is -0.508 e. The Labute approximate surface area is 191 Å². The fourth-order valence-corrected chi connectivity index (χ4v) is 5.65. The Bertz CT molecular complexity index is 1050. The van der Waals surface area contributed by atoms with E-state index in [9.17, 15) is 5.11 Å². The molecule has 2 fully saturated rings. The number of rotatable bonds is 4. The zero-order valence-electron chi connectivity index (χ0n) is 19.1. The van der Waals surface area contributed by atoms with Gasteiger partial charge in [0, 0.05) is 51.2 Å². The SMILES string of the molecule is CC1CN2CCN(Cc3ccc(-c4ccncc4)cc3)CC2CC1(C)c1cccc(O)c1. The fraction of sp³-hybridized carbons (Fsp3) is 0.393. The van der Waals surface area contributed by atoms with Crippen LogP contribution in [0.5, 0.6) is 5.75 Å². The van der Waals surface area contributed by atoms with Crippen LogP contribution in [-0.4, -0.2) is 52.1 Å². The molecule has 2 saturated heterocycles. The van der Waals surface area contributed by atoms with Crippen molar-refractivity contribution in [3.05, 3.63) is 84.2 Å². The van der Waals surface area contributed by atoms with Crippen LogP contribution < -0.4 is 0 Å². The zero-order chi connectivity index (χ0) is 22.1. The van der Waals surface area contributed by atoms with Crippen molar-refractivity contribution in [2.45, 2.75) is 38.3 Å². The van der Waals surface area contributed by atoms with E-state index in [1.54, 1.807) is 6.07 Å². The number of phenolic OH excluding ortho intramolecular Hbond substituents is 1. The summed E-state index contributed by atoms with van der Waals surface area (Å²) in [5.74, 6) is 0.937. The van der Waals surface area contributed by atoms with Gasteiger partial charge in [0.2, 0.25) is 0 Å². The van der Waals surface area contributed by atoms with Gasteiger partial charge in [-0.25, -0.2) is 0 Å². The first-order valence-corrected chi connectivity index (χ1v) is 11.8. The Morgan fingerprint density at radius 2 is 1.72 bits per heavy atom. The number of aromatic hydroxyl groups is 1. The molecule has 3 unspecified atom stereocenters. The maximum Gasteiger partial charge on any atom is 0.115 e. The lowest BCUT2D eigenvalue weighted by Crippen LogP contribution is -2.60. The Morgan fingerprint density at radius 1 is 0.969 bits per heavy atom. The van der Waals surface area contributed by atoms with Crippen molar-refractivity contribution >= 4 is 0 Å². The van der Waals surface area contributed by atoms with Crippen LogP contribution in [0, 0.1) is 5.92 Å². The smallest absolute Gasteiger partial charge is 0.115 e. The molecular formula is C28H33N3O. The first kappa shape index (κ1) is 21.2. The molecule has 166 valence electrons. The van der Waals surface area contributed by atoms with E-state index in [1.165, 1.54) is 22.3 Å². The van der Waals surface area contributed by atoms with Crippen molar-refractivity contribution in [2.24, 2.45) is 5.92 Å². The largest absolute Gasteiger partial charge is 0.508 e. The molecule has 2 aliphatic heterocycles. The first-order chi connectivity index (χ1) is 15.5. The van der Waals surface area contributed by atoms with Gasteiger partial charge in [-0.05, 0) is 64.3 Å². The standard InChI is InChI=1S/C28H33N3O/c1-21-18-31-15-14-30(19-22-6-8-23(9-7-22)24-10-12-29-13-11-24)20-26(31)17-28(21,2)25-4-3-5-27(32)16-25/h3-13,16,21,26,32H,14-15,17-20H2,1-2H3. The normalized spacial score (nSPS) is 26.6. The number of aromatic nitrogens is 1. The molecule has 4 heteroatoms. The molecule has 1 aromatic heterocycles. The lowest BCUT2D eigenvalue weighted by atomic mass is 9.65. The Hall–Kier alpha value is -2.69. The number of piperidine rings is 1. The van der Waals surface area contributed by atoms with E-state index in [-0.39, 0.29) is 5.41 Å². The second kappa shape index (κ2) is 8.68. The Balaban J connectivity index is 1.27. The van der Waals surface area contributed by atoms with Gasteiger partial charge < -0.3 is 5.11 Å². The minimum absolute atomic E-state index is 0.0924. The summed E-state index contributed by atoms with van der Waals surface area (Å²) in [4.78, 5) is 9.42. The number of piperazine rings is 1. The van der Waals surface area contributed by atoms with Gasteiger partial charge in [0.05, 0.1) is 0 Å². The summed E-state index contributed by atoms with van der Waals surface area (Å²) < 4.78 is 0. The van der Waals surface area contributed by atoms with E-state index < -0.39 is 0 Å². The molecule has 0 bridgehead atoms. The summed E-state index contributed by atoms with van der Waals surface area (Å²) in [6.07, 6.45) is 4.83. The van der Waals surface area contributed by atoms with Crippen molar-refractivity contribution in [1.29, 1.82) is 0 Å². The van der Waals surface area contributed by atoms with E-state index in [0.29, 0.717) is 17.7 Å². The third-order valence-electron chi connectivity index (χ3n) is 7.82. The number of pyridine rings is 1. The Kier molecular flexibility index (Phi) is 5.75. The van der Waals surface area contributed by atoms with Crippen LogP contribution in [0.25, 0.3) is 11.1 Å². The van der Waals surface area contributed by atoms with E-state index in [2.05, 4.69) is 71.1 Å². The number of hydrogen-bond acceptors (Lipinski definition) is 4. The fourth-order valence-electron chi connectivity index (χ4n) is 5.65. The van der Waals surface area contributed by atoms with Gasteiger partial charge in [0.15, 0.2) is 0 Å². The molecule has 2 aliphatic rings. The summed E-state index contributed by atoms with van der Waals surface area (Å²) in [5, 5.41) is 10.1. The monoisotopic (exact) mass is 427 g/mol. The van der Waals surface area contributed by atoms with Gasteiger partial charge in [0.1, 0.15) is 5.75 Å². The molecule has 3 heterocycles. The Morgan fingerprint density at radius 3 is 2.47 bits per heavy atom. The van der Waals surface area contributed by atoms with Crippen LogP contribution in [0.15, 0.2) is 73.1 Å². The molecule has 32 heavy (non-hydrogen) atoms. The van der Waals surface area contributed by atoms with Gasteiger partial charge in [-0.2, -0.15) is 0 Å². The molecular weight excluding hydrogens is 394 g/mol. The third-order valence-corrected chi connectivity index (χ3v) is 7.82. The van der Waals surface area contributed by atoms with Crippen molar-refractivity contribution in [1.82, 2.24) is 14.8 Å². The first-order valence-electron chi connectivity index (χ1n) is 11.8. The molecule has 3 aromatic rings. The average Bonchev–Trinajstić information content (AvgIpc) is 2.81. The summed E-state index contributed by atoms with van der Waals surface area (Å²) in [5.41, 5.74) is 5.19. The molecule has 2 aromatic carbocycles. The number of benzene rings is 2. The van der Waals surface area contributed by atoms with Gasteiger partial charge in [0.25, 0.3) is 0 Å². The number of phenols is 1. The van der Waals surface area contributed by atoms with Crippen molar-refractivity contribution in [2.75, 3.05) is 26.2 Å². The summed E-state index contributed by atoms with van der Waals surface area (Å²) in [6, 6.07) is 21.6. The second-order valence-electron chi connectivity index (χ2n) is 9.89. The molecule has 0 spiro atoms. The lowest BCUT2D eigenvalue weighted by Gasteiger charge is -2.53. The van der Waals surface area contributed by atoms with E-state index in [1.807, 2.05) is 24.5 Å². The predicted octanol–water partition coefficient (Wildman–Crippen LogP) is 4.94. The zero-order valence-corrected chi connectivity index (χ0v) is 19.1. The number of nitrogens with zero attached hydrogens (tertiary/aromatic N) is 3. The molecule has 0 amide bonds. The van der Waals surface area contributed by atoms with Crippen LogP contribution >= 0.6 is 0 Å². The van der Waals surface area contributed by atoms with Crippen LogP contribution in [0.4, 0.5) is 0 Å². The van der Waals surface area contributed by atoms with Gasteiger partial charge in [-0.3, -0.25) is 14.8 Å². The minimum atomic E-state index is 0.0924. The molecule has 0 aliphatic carbocycles. The van der Waals surface area contributed by atoms with Gasteiger partial charge in [-0.1, -0.05) is 50.2 Å². The van der Waals surface area contributed by atoms with Crippen LogP contribution in [0.3, 0.4) is 0 Å². The topological polar surface area (TPSA) is 39.6 Å². The van der Waals surface area contributed by atoms with Crippen molar-refractivity contribution < 1.29 is 5.11 Å². The molecule has 0 saturated carbocycles. The number of hydrogen-bond donors (Lipinski definition) is 1. The van der Waals surface area contributed by atoms with E-state index in [0.717, 1.165) is 39.1 Å². The maximum atomic E-state index is 10.1. The highest BCUT2D eigenvalue weighted by molar-refractivity contribution is 5.62. The van der Waals surface area contributed by atoms with E-state index >= 15 is 0 Å². The molecule has 0 radical (unpaired) electrons. The average molecular weight is 428 g/mol. The summed E-state index contributed by atoms with van der Waals surface area (Å²) >= 11 is 0. The van der Waals surface area contributed by atoms with Crippen molar-refractivity contribution in [3.63, 3.8) is 0 Å². The van der Waals surface area contributed by atoms with Crippen molar-refractivity contribution in [3.8, 4) is 16.9 Å². The summed E-state index contributed by atoms with van der Waals surface area (Å²) in [6.45, 7) is 10.3. The molecule has 5 rings (SSSR count). The van der Waals surface area contributed by atoms with Crippen LogP contribution in [-0.2, 0) is 12.0 Å². The van der Waals surface area contributed by atoms with Crippen LogP contribution in [0.2, 0.25) is 0 Å². The molecule has 3 atom stereocenters. The van der Waals surface area contributed by atoms with E-state index in [4.69, 9.17) is 0 Å². The number of fused-ring (bicyclic) bond motifs is 1. The van der Waals surface area contributed by atoms with Gasteiger partial charge >= 0.3 is 0 Å². The second-order valence-corrected chi connectivity index (χ2v) is 9.89. The summed E-state index contributed by atoms with van der Waals surface area (Å²) in [7, 11) is 0. The molecule has 4 nitrogen and oxygen atoms in total. The third kappa shape index (κ3) is 4.17.